The van der Waals surface area contributed by atoms with Crippen molar-refractivity contribution in [1.29, 1.82) is 0 Å². The number of hydrogen-bond donors (Lipinski definition) is 0. The Hall–Kier alpha value is -2.48. The van der Waals surface area contributed by atoms with Crippen LogP contribution in [0.4, 0.5) is 0 Å². The van der Waals surface area contributed by atoms with Crippen LogP contribution in [0.5, 0.6) is 0 Å². The summed E-state index contributed by atoms with van der Waals surface area (Å²) in [5.74, 6) is -0.146. The minimum atomic E-state index is -2.11. The fourth-order valence-corrected chi connectivity index (χ4v) is 7.13. The van der Waals surface area contributed by atoms with Gasteiger partial charge in [-0.2, -0.15) is 0 Å². The molecule has 0 aromatic heterocycles. The number of esters is 1. The molecule has 0 bridgehead atoms. The molecule has 0 fully saturated rings. The Morgan fingerprint density at radius 3 is 1.38 bits per heavy atom. The zero-order valence-corrected chi connectivity index (χ0v) is 15.7. The van der Waals surface area contributed by atoms with Gasteiger partial charge < -0.3 is 10.2 Å². The van der Waals surface area contributed by atoms with Gasteiger partial charge in [-0.05, 0) is 43.3 Å². The summed E-state index contributed by atoms with van der Waals surface area (Å²) in [5, 5.41) is 3.58. The van der Waals surface area contributed by atoms with Gasteiger partial charge in [0.05, 0.1) is 6.61 Å². The molecule has 26 heavy (non-hydrogen) atoms. The monoisotopic (exact) mass is 366 g/mol. The minimum Gasteiger partial charge on any atom is -0.870 e. The van der Waals surface area contributed by atoms with Crippen molar-refractivity contribution in [3.8, 4) is 0 Å². The quantitative estimate of drug-likeness (QED) is 0.496. The van der Waals surface area contributed by atoms with Crippen LogP contribution in [0.1, 0.15) is 6.92 Å². The smallest absolute Gasteiger partial charge is 0.345 e. The molecular formula is C22H23O3P. The Balaban J connectivity index is 0.00000243. The maximum atomic E-state index is 12.6. The third kappa shape index (κ3) is 4.01. The molecule has 0 radical (unpaired) electrons. The van der Waals surface area contributed by atoms with Crippen molar-refractivity contribution in [3.05, 3.63) is 91.0 Å². The van der Waals surface area contributed by atoms with Crippen molar-refractivity contribution in [2.45, 2.75) is 6.92 Å². The van der Waals surface area contributed by atoms with Gasteiger partial charge >= 0.3 is 5.97 Å². The lowest BCUT2D eigenvalue weighted by atomic mass is 10.4. The van der Waals surface area contributed by atoms with E-state index < -0.39 is 7.26 Å². The van der Waals surface area contributed by atoms with Crippen LogP contribution in [-0.2, 0) is 9.53 Å². The molecule has 4 heteroatoms. The Labute approximate surface area is 155 Å². The van der Waals surface area contributed by atoms with Gasteiger partial charge in [0.2, 0.25) is 0 Å². The molecule has 0 heterocycles. The molecular weight excluding hydrogens is 343 g/mol. The zero-order chi connectivity index (χ0) is 17.5. The first-order chi connectivity index (χ1) is 12.3. The van der Waals surface area contributed by atoms with Gasteiger partial charge in [-0.1, -0.05) is 54.6 Å². The fraction of sp³-hybridized carbons (Fsp3) is 0.136. The van der Waals surface area contributed by atoms with Crippen LogP contribution in [0, 0.1) is 0 Å². The second kappa shape index (κ2) is 9.28. The Bertz CT molecular complexity index is 708. The average Bonchev–Trinajstić information content (AvgIpc) is 2.68. The predicted molar refractivity (Wildman–Crippen MR) is 109 cm³/mol. The van der Waals surface area contributed by atoms with Gasteiger partial charge in [0.25, 0.3) is 0 Å². The molecule has 0 aliphatic carbocycles. The van der Waals surface area contributed by atoms with Gasteiger partial charge in [0, 0.05) is 0 Å². The average molecular weight is 366 g/mol. The number of hydrogen-bond acceptors (Lipinski definition) is 3. The van der Waals surface area contributed by atoms with Crippen LogP contribution >= 0.6 is 7.26 Å². The summed E-state index contributed by atoms with van der Waals surface area (Å²) in [6.07, 6.45) is 0.374. The lowest BCUT2D eigenvalue weighted by Gasteiger charge is -2.26. The predicted octanol–water partition coefficient (Wildman–Crippen LogP) is 3.37. The molecule has 0 spiro atoms. The van der Waals surface area contributed by atoms with Crippen LogP contribution in [0.3, 0.4) is 0 Å². The van der Waals surface area contributed by atoms with Crippen molar-refractivity contribution >= 4 is 29.1 Å². The SMILES string of the molecule is CCOC(=O)C[P+](c1ccccc1)(c1ccccc1)c1ccccc1.[OH-]. The standard InChI is InChI=1S/C22H22O2P.H2O/c1-2-24-22(23)18-25(19-12-6-3-7-13-19,20-14-8-4-9-15-20)21-16-10-5-11-17-21;/h3-17H,2,18H2,1H3;1H2/q+1;/p-1. The Morgan fingerprint density at radius 1 is 0.731 bits per heavy atom. The number of carbonyl (C=O) groups is 1. The summed E-state index contributed by atoms with van der Waals surface area (Å²) in [7, 11) is -2.11. The van der Waals surface area contributed by atoms with Crippen LogP contribution in [0.25, 0.3) is 0 Å². The summed E-state index contributed by atoms with van der Waals surface area (Å²) < 4.78 is 5.35. The van der Waals surface area contributed by atoms with E-state index in [2.05, 4.69) is 36.4 Å². The van der Waals surface area contributed by atoms with E-state index in [0.717, 1.165) is 0 Å². The molecule has 3 aromatic carbocycles. The maximum absolute atomic E-state index is 12.6. The topological polar surface area (TPSA) is 56.3 Å². The Morgan fingerprint density at radius 2 is 1.08 bits per heavy atom. The lowest BCUT2D eigenvalue weighted by molar-refractivity contribution is -0.139. The molecule has 0 atom stereocenters. The van der Waals surface area contributed by atoms with Crippen LogP contribution < -0.4 is 15.9 Å². The molecule has 3 rings (SSSR count). The highest BCUT2D eigenvalue weighted by atomic mass is 31.2. The van der Waals surface area contributed by atoms with E-state index in [0.29, 0.717) is 12.8 Å². The van der Waals surface area contributed by atoms with Crippen molar-refractivity contribution in [1.82, 2.24) is 0 Å². The zero-order valence-electron chi connectivity index (χ0n) is 14.8. The molecule has 0 amide bonds. The van der Waals surface area contributed by atoms with Crippen molar-refractivity contribution in [2.75, 3.05) is 12.8 Å². The van der Waals surface area contributed by atoms with E-state index in [9.17, 15) is 4.79 Å². The van der Waals surface area contributed by atoms with Gasteiger partial charge in [-0.15, -0.1) is 0 Å². The third-order valence-electron chi connectivity index (χ3n) is 4.26. The molecule has 1 N–H and O–H groups in total. The van der Waals surface area contributed by atoms with Crippen molar-refractivity contribution in [3.63, 3.8) is 0 Å². The van der Waals surface area contributed by atoms with Gasteiger partial charge in [0.15, 0.2) is 6.16 Å². The van der Waals surface area contributed by atoms with E-state index in [1.807, 2.05) is 61.5 Å². The second-order valence-electron chi connectivity index (χ2n) is 5.78. The lowest BCUT2D eigenvalue weighted by Crippen LogP contribution is -2.36. The first kappa shape index (κ1) is 19.8. The van der Waals surface area contributed by atoms with E-state index in [4.69, 9.17) is 4.74 Å². The molecule has 0 aliphatic heterocycles. The normalized spacial score (nSPS) is 10.7. The number of benzene rings is 3. The molecule has 0 unspecified atom stereocenters. The molecule has 134 valence electrons. The number of carbonyl (C=O) groups excluding carboxylic acids is 1. The van der Waals surface area contributed by atoms with Gasteiger partial charge in [0.1, 0.15) is 23.2 Å². The third-order valence-corrected chi connectivity index (χ3v) is 8.53. The van der Waals surface area contributed by atoms with E-state index in [-0.39, 0.29) is 11.4 Å². The van der Waals surface area contributed by atoms with E-state index >= 15 is 0 Å². The van der Waals surface area contributed by atoms with Crippen molar-refractivity contribution < 1.29 is 15.0 Å². The van der Waals surface area contributed by atoms with E-state index in [1.165, 1.54) is 15.9 Å². The van der Waals surface area contributed by atoms with Gasteiger partial charge in [-0.25, -0.2) is 4.79 Å². The van der Waals surface area contributed by atoms with E-state index in [1.54, 1.807) is 0 Å². The molecule has 3 aromatic rings. The van der Waals surface area contributed by atoms with Crippen LogP contribution in [0.2, 0.25) is 0 Å². The highest BCUT2D eigenvalue weighted by Crippen LogP contribution is 2.55. The summed E-state index contributed by atoms with van der Waals surface area (Å²) in [4.78, 5) is 12.6. The van der Waals surface area contributed by atoms with Crippen LogP contribution in [-0.4, -0.2) is 24.2 Å². The van der Waals surface area contributed by atoms with Crippen LogP contribution in [0.15, 0.2) is 91.0 Å². The molecule has 0 saturated heterocycles. The largest absolute Gasteiger partial charge is 0.870 e. The summed E-state index contributed by atoms with van der Waals surface area (Å²) in [6.45, 7) is 2.25. The highest BCUT2D eigenvalue weighted by molar-refractivity contribution is 7.96. The second-order valence-corrected chi connectivity index (χ2v) is 9.26. The first-order valence-corrected chi connectivity index (χ1v) is 10.5. The molecule has 0 aliphatic rings. The Kier molecular flexibility index (Phi) is 7.08. The molecule has 3 nitrogen and oxygen atoms in total. The van der Waals surface area contributed by atoms with Crippen molar-refractivity contribution in [2.24, 2.45) is 0 Å². The van der Waals surface area contributed by atoms with Gasteiger partial charge in [-0.3, -0.25) is 0 Å². The minimum absolute atomic E-state index is 0. The summed E-state index contributed by atoms with van der Waals surface area (Å²) in [6, 6.07) is 31.1. The highest BCUT2D eigenvalue weighted by Gasteiger charge is 2.47. The molecule has 0 saturated carbocycles. The maximum Gasteiger partial charge on any atom is 0.345 e. The fourth-order valence-electron chi connectivity index (χ4n) is 3.17. The summed E-state index contributed by atoms with van der Waals surface area (Å²) in [5.41, 5.74) is 0. The summed E-state index contributed by atoms with van der Waals surface area (Å²) >= 11 is 0. The first-order valence-electron chi connectivity index (χ1n) is 8.48. The number of rotatable bonds is 6. The number of ether oxygens (including phenoxy) is 1.